The van der Waals surface area contributed by atoms with Gasteiger partial charge >= 0.3 is 5.97 Å². The molecular formula is C18H22FN5O2. The van der Waals surface area contributed by atoms with Gasteiger partial charge in [0.1, 0.15) is 12.1 Å². The molecule has 2 aromatic heterocycles. The number of ether oxygens (including phenoxy) is 1. The van der Waals surface area contributed by atoms with Crippen LogP contribution in [0.4, 0.5) is 16.0 Å². The quantitative estimate of drug-likeness (QED) is 0.757. The van der Waals surface area contributed by atoms with E-state index in [4.69, 9.17) is 4.74 Å². The number of carbonyl (C=O) groups is 1. The van der Waals surface area contributed by atoms with Gasteiger partial charge in [0.25, 0.3) is 0 Å². The number of hydrogen-bond acceptors (Lipinski definition) is 7. The van der Waals surface area contributed by atoms with Gasteiger partial charge in [-0.1, -0.05) is 6.92 Å². The Labute approximate surface area is 151 Å². The lowest BCUT2D eigenvalue weighted by atomic mass is 10.2. The Morgan fingerprint density at radius 2 is 1.85 bits per heavy atom. The van der Waals surface area contributed by atoms with Gasteiger partial charge in [-0.3, -0.25) is 0 Å². The van der Waals surface area contributed by atoms with Crippen LogP contribution in [-0.2, 0) is 11.2 Å². The summed E-state index contributed by atoms with van der Waals surface area (Å²) in [5.41, 5.74) is 0.873. The lowest BCUT2D eigenvalue weighted by Crippen LogP contribution is -2.47. The Morgan fingerprint density at radius 3 is 2.46 bits per heavy atom. The molecule has 0 amide bonds. The first-order valence-corrected chi connectivity index (χ1v) is 8.76. The van der Waals surface area contributed by atoms with Gasteiger partial charge in [0.2, 0.25) is 0 Å². The summed E-state index contributed by atoms with van der Waals surface area (Å²) in [5.74, 6) is 0.444. The normalized spacial score (nSPS) is 14.4. The highest BCUT2D eigenvalue weighted by atomic mass is 19.1. The van der Waals surface area contributed by atoms with E-state index in [1.807, 2.05) is 17.9 Å². The molecule has 3 rings (SSSR count). The van der Waals surface area contributed by atoms with Gasteiger partial charge in [0.05, 0.1) is 17.9 Å². The van der Waals surface area contributed by atoms with E-state index in [2.05, 4.69) is 19.9 Å². The molecule has 0 bridgehead atoms. The molecule has 0 saturated carbocycles. The molecule has 138 valence electrons. The van der Waals surface area contributed by atoms with Gasteiger partial charge in [-0.2, -0.15) is 0 Å². The fourth-order valence-electron chi connectivity index (χ4n) is 2.92. The smallest absolute Gasteiger partial charge is 0.339 e. The molecule has 7 nitrogen and oxygen atoms in total. The highest BCUT2D eigenvalue weighted by molar-refractivity contribution is 5.89. The maximum absolute atomic E-state index is 14.4. The number of aryl methyl sites for hydroxylation is 1. The molecule has 8 heteroatoms. The molecule has 0 unspecified atom stereocenters. The first kappa shape index (κ1) is 18.0. The van der Waals surface area contributed by atoms with E-state index in [9.17, 15) is 9.18 Å². The molecular weight excluding hydrogens is 337 g/mol. The third-order valence-electron chi connectivity index (χ3n) is 4.34. The van der Waals surface area contributed by atoms with Crippen molar-refractivity contribution in [1.82, 2.24) is 15.0 Å². The Bertz CT molecular complexity index is 761. The monoisotopic (exact) mass is 359 g/mol. The molecule has 1 saturated heterocycles. The Balaban J connectivity index is 1.64. The SMILES string of the molecule is CCOC(=O)c1ccc(N2CCN(c3ncnc(CC)c3F)CC2)nc1. The number of esters is 1. The van der Waals surface area contributed by atoms with E-state index < -0.39 is 0 Å². The zero-order valence-electron chi connectivity index (χ0n) is 15.0. The first-order chi connectivity index (χ1) is 12.6. The van der Waals surface area contributed by atoms with E-state index in [0.29, 0.717) is 56.3 Å². The van der Waals surface area contributed by atoms with Crippen molar-refractivity contribution in [2.75, 3.05) is 42.6 Å². The summed E-state index contributed by atoms with van der Waals surface area (Å²) in [6.07, 6.45) is 3.48. The first-order valence-electron chi connectivity index (χ1n) is 8.76. The van der Waals surface area contributed by atoms with Gasteiger partial charge in [0, 0.05) is 32.4 Å². The average Bonchev–Trinajstić information content (AvgIpc) is 2.69. The molecule has 0 atom stereocenters. The van der Waals surface area contributed by atoms with Crippen molar-refractivity contribution in [2.24, 2.45) is 0 Å². The Hall–Kier alpha value is -2.77. The summed E-state index contributed by atoms with van der Waals surface area (Å²) in [6, 6.07) is 3.52. The van der Waals surface area contributed by atoms with Gasteiger partial charge in [-0.25, -0.2) is 24.1 Å². The third-order valence-corrected chi connectivity index (χ3v) is 4.34. The third kappa shape index (κ3) is 3.74. The second-order valence-corrected chi connectivity index (χ2v) is 5.91. The van der Waals surface area contributed by atoms with Crippen LogP contribution in [0.5, 0.6) is 0 Å². The standard InChI is InChI=1S/C18H22FN5O2/c1-3-14-16(19)17(22-12-21-14)24-9-7-23(8-10-24)15-6-5-13(11-20-15)18(25)26-4-2/h5-6,11-12H,3-4,7-10H2,1-2H3. The van der Waals surface area contributed by atoms with Crippen LogP contribution >= 0.6 is 0 Å². The summed E-state index contributed by atoms with van der Waals surface area (Å²) in [5, 5.41) is 0. The lowest BCUT2D eigenvalue weighted by Gasteiger charge is -2.36. The van der Waals surface area contributed by atoms with Gasteiger partial charge < -0.3 is 14.5 Å². The van der Waals surface area contributed by atoms with Crippen molar-refractivity contribution in [1.29, 1.82) is 0 Å². The molecule has 1 aliphatic heterocycles. The molecule has 2 aromatic rings. The lowest BCUT2D eigenvalue weighted by molar-refractivity contribution is 0.0526. The minimum Gasteiger partial charge on any atom is -0.462 e. The van der Waals surface area contributed by atoms with Crippen LogP contribution in [0.1, 0.15) is 29.9 Å². The van der Waals surface area contributed by atoms with Crippen LogP contribution in [0.2, 0.25) is 0 Å². The predicted molar refractivity (Wildman–Crippen MR) is 96.0 cm³/mol. The zero-order valence-corrected chi connectivity index (χ0v) is 15.0. The van der Waals surface area contributed by atoms with Crippen molar-refractivity contribution in [3.05, 3.63) is 41.7 Å². The highest BCUT2D eigenvalue weighted by Gasteiger charge is 2.23. The summed E-state index contributed by atoms with van der Waals surface area (Å²) >= 11 is 0. The van der Waals surface area contributed by atoms with E-state index in [0.717, 1.165) is 5.82 Å². The van der Waals surface area contributed by atoms with Crippen LogP contribution in [0.3, 0.4) is 0 Å². The average molecular weight is 359 g/mol. The molecule has 0 radical (unpaired) electrons. The second kappa shape index (κ2) is 8.07. The molecule has 0 aliphatic carbocycles. The fraction of sp³-hybridized carbons (Fsp3) is 0.444. The number of pyridine rings is 1. The molecule has 1 aliphatic rings. The fourth-order valence-corrected chi connectivity index (χ4v) is 2.92. The zero-order chi connectivity index (χ0) is 18.5. The van der Waals surface area contributed by atoms with Crippen molar-refractivity contribution in [3.8, 4) is 0 Å². The van der Waals surface area contributed by atoms with Crippen LogP contribution in [0.15, 0.2) is 24.7 Å². The number of aromatic nitrogens is 3. The summed E-state index contributed by atoms with van der Waals surface area (Å²) < 4.78 is 19.4. The van der Waals surface area contributed by atoms with Gasteiger partial charge in [-0.05, 0) is 25.5 Å². The molecule has 0 spiro atoms. The van der Waals surface area contributed by atoms with Gasteiger partial charge in [-0.15, -0.1) is 0 Å². The van der Waals surface area contributed by atoms with Crippen molar-refractivity contribution in [2.45, 2.75) is 20.3 Å². The Kier molecular flexibility index (Phi) is 5.60. The molecule has 1 fully saturated rings. The Morgan fingerprint density at radius 1 is 1.12 bits per heavy atom. The number of nitrogens with zero attached hydrogens (tertiary/aromatic N) is 5. The van der Waals surface area contributed by atoms with E-state index >= 15 is 0 Å². The number of piperazine rings is 1. The minimum absolute atomic E-state index is 0.333. The van der Waals surface area contributed by atoms with E-state index in [1.165, 1.54) is 12.5 Å². The summed E-state index contributed by atoms with van der Waals surface area (Å²) in [7, 11) is 0. The van der Waals surface area contributed by atoms with Crippen LogP contribution in [0.25, 0.3) is 0 Å². The van der Waals surface area contributed by atoms with Crippen molar-refractivity contribution < 1.29 is 13.9 Å². The maximum Gasteiger partial charge on any atom is 0.339 e. The van der Waals surface area contributed by atoms with E-state index in [-0.39, 0.29) is 11.8 Å². The van der Waals surface area contributed by atoms with Crippen LogP contribution < -0.4 is 9.80 Å². The summed E-state index contributed by atoms with van der Waals surface area (Å²) in [4.78, 5) is 28.2. The van der Waals surface area contributed by atoms with Crippen LogP contribution in [0, 0.1) is 5.82 Å². The van der Waals surface area contributed by atoms with Crippen molar-refractivity contribution in [3.63, 3.8) is 0 Å². The topological polar surface area (TPSA) is 71.5 Å². The number of carbonyl (C=O) groups excluding carboxylic acids is 1. The maximum atomic E-state index is 14.4. The van der Waals surface area contributed by atoms with Crippen molar-refractivity contribution >= 4 is 17.6 Å². The number of rotatable bonds is 5. The van der Waals surface area contributed by atoms with E-state index in [1.54, 1.807) is 13.0 Å². The minimum atomic E-state index is -0.373. The number of halogens is 1. The number of anilines is 2. The second-order valence-electron chi connectivity index (χ2n) is 5.91. The molecule has 3 heterocycles. The summed E-state index contributed by atoms with van der Waals surface area (Å²) in [6.45, 7) is 6.63. The molecule has 26 heavy (non-hydrogen) atoms. The predicted octanol–water partition coefficient (Wildman–Crippen LogP) is 2.08. The molecule has 0 N–H and O–H groups in total. The van der Waals surface area contributed by atoms with Gasteiger partial charge in [0.15, 0.2) is 11.6 Å². The number of hydrogen-bond donors (Lipinski definition) is 0. The molecule has 0 aromatic carbocycles. The largest absolute Gasteiger partial charge is 0.462 e. The highest BCUT2D eigenvalue weighted by Crippen LogP contribution is 2.21. The van der Waals surface area contributed by atoms with Crippen LogP contribution in [-0.4, -0.2) is 53.7 Å².